The van der Waals surface area contributed by atoms with Crippen molar-refractivity contribution in [3.8, 4) is 17.2 Å². The number of nitrogens with zero attached hydrogens (tertiary/aromatic N) is 3. The van der Waals surface area contributed by atoms with Crippen molar-refractivity contribution in [2.75, 3.05) is 21.3 Å². The predicted molar refractivity (Wildman–Crippen MR) is 143 cm³/mol. The van der Waals surface area contributed by atoms with Gasteiger partial charge in [0.25, 0.3) is 0 Å². The van der Waals surface area contributed by atoms with E-state index in [-0.39, 0.29) is 10.9 Å². The minimum Gasteiger partial charge on any atom is -0.766 e. The highest BCUT2D eigenvalue weighted by Gasteiger charge is 2.16. The molecule has 0 fully saturated rings. The number of ether oxygens (including phenoxy) is 3. The molecule has 13 heteroatoms. The van der Waals surface area contributed by atoms with E-state index in [9.17, 15) is 13.0 Å². The summed E-state index contributed by atoms with van der Waals surface area (Å²) < 4.78 is 49.5. The molecule has 2 atom stereocenters. The van der Waals surface area contributed by atoms with Crippen molar-refractivity contribution in [3.05, 3.63) is 59.4 Å². The molecule has 5 aromatic rings. The molecule has 2 aromatic carbocycles. The summed E-state index contributed by atoms with van der Waals surface area (Å²) in [6.45, 7) is 3.86. The average Bonchev–Trinajstić information content (AvgIpc) is 3.54. The summed E-state index contributed by atoms with van der Waals surface area (Å²) in [5.74, 6) is 2.44. The first kappa shape index (κ1) is 27.2. The van der Waals surface area contributed by atoms with E-state index in [0.29, 0.717) is 21.9 Å². The second-order valence-corrected chi connectivity index (χ2v) is 10.3. The summed E-state index contributed by atoms with van der Waals surface area (Å²) >= 11 is -2.33. The van der Waals surface area contributed by atoms with Gasteiger partial charge in [0.2, 0.25) is 0 Å². The number of imidazole rings is 2. The molecular formula is C25H26N5O6S2-. The number of rotatable bonds is 7. The van der Waals surface area contributed by atoms with Gasteiger partial charge in [-0.1, -0.05) is 0 Å². The van der Waals surface area contributed by atoms with Gasteiger partial charge in [0.1, 0.15) is 17.2 Å². The zero-order valence-electron chi connectivity index (χ0n) is 21.4. The first-order valence-corrected chi connectivity index (χ1v) is 13.7. The largest absolute Gasteiger partial charge is 0.766 e. The molecule has 200 valence electrons. The molecule has 0 radical (unpaired) electrons. The molecule has 2 unspecified atom stereocenters. The zero-order valence-corrected chi connectivity index (χ0v) is 23.0. The van der Waals surface area contributed by atoms with Crippen molar-refractivity contribution in [1.29, 1.82) is 0 Å². The number of aryl methyl sites for hydroxylation is 1. The molecule has 0 aliphatic heterocycles. The molecule has 5 rings (SSSR count). The van der Waals surface area contributed by atoms with Crippen molar-refractivity contribution in [2.45, 2.75) is 29.9 Å². The number of aromatic amines is 2. The van der Waals surface area contributed by atoms with Crippen LogP contribution in [0.1, 0.15) is 16.8 Å². The van der Waals surface area contributed by atoms with Crippen molar-refractivity contribution in [3.63, 3.8) is 0 Å². The van der Waals surface area contributed by atoms with Gasteiger partial charge in [0.15, 0.2) is 10.3 Å². The molecule has 38 heavy (non-hydrogen) atoms. The average molecular weight is 557 g/mol. The van der Waals surface area contributed by atoms with Crippen LogP contribution >= 0.6 is 0 Å². The highest BCUT2D eigenvalue weighted by Crippen LogP contribution is 2.26. The van der Waals surface area contributed by atoms with Crippen LogP contribution in [0.2, 0.25) is 0 Å². The van der Waals surface area contributed by atoms with Crippen LogP contribution in [0.15, 0.2) is 52.9 Å². The fourth-order valence-electron chi connectivity index (χ4n) is 3.78. The number of nitrogens with one attached hydrogen (secondary N) is 2. The molecule has 3 heterocycles. The summed E-state index contributed by atoms with van der Waals surface area (Å²) in [6.07, 6.45) is 1.74. The fraction of sp³-hybridized carbons (Fsp3) is 0.240. The molecule has 0 bridgehead atoms. The van der Waals surface area contributed by atoms with Crippen molar-refractivity contribution < 1.29 is 27.2 Å². The Labute approximate surface area is 223 Å². The van der Waals surface area contributed by atoms with E-state index in [0.717, 1.165) is 39.4 Å². The highest BCUT2D eigenvalue weighted by atomic mass is 32.2. The molecule has 0 spiro atoms. The lowest BCUT2D eigenvalue weighted by Crippen LogP contribution is -2.05. The summed E-state index contributed by atoms with van der Waals surface area (Å²) in [6, 6.07) is 10.6. The molecule has 11 nitrogen and oxygen atoms in total. The van der Waals surface area contributed by atoms with Crippen LogP contribution in [-0.4, -0.2) is 59.2 Å². The van der Waals surface area contributed by atoms with Gasteiger partial charge in [-0.05, 0) is 38.1 Å². The maximum absolute atomic E-state index is 12.7. The van der Waals surface area contributed by atoms with Gasteiger partial charge < -0.3 is 28.7 Å². The van der Waals surface area contributed by atoms with Gasteiger partial charge in [-0.2, -0.15) is 0 Å². The third-order valence-corrected chi connectivity index (χ3v) is 7.40. The summed E-state index contributed by atoms with van der Waals surface area (Å²) in [7, 11) is 3.45. The fourth-order valence-corrected chi connectivity index (χ4v) is 5.25. The SMILES string of the molecule is COc1ccc2nc(S(=O)Cc3ncc(C)c(OC)c3C)[nH]c2c1.COc1ccc2nc(S(=O)[O-])[nH]c2c1. The van der Waals surface area contributed by atoms with Crippen LogP contribution in [0.4, 0.5) is 0 Å². The lowest BCUT2D eigenvalue weighted by Gasteiger charge is -2.11. The number of benzene rings is 2. The minimum atomic E-state index is -2.33. The zero-order chi connectivity index (χ0) is 27.4. The van der Waals surface area contributed by atoms with Crippen molar-refractivity contribution in [2.24, 2.45) is 0 Å². The first-order chi connectivity index (χ1) is 18.2. The van der Waals surface area contributed by atoms with E-state index in [1.54, 1.807) is 45.7 Å². The maximum Gasteiger partial charge on any atom is 0.197 e. The predicted octanol–water partition coefficient (Wildman–Crippen LogP) is 3.71. The van der Waals surface area contributed by atoms with Gasteiger partial charge in [-0.3, -0.25) is 13.4 Å². The number of methoxy groups -OCH3 is 3. The Morgan fingerprint density at radius 2 is 1.39 bits per heavy atom. The van der Waals surface area contributed by atoms with Gasteiger partial charge >= 0.3 is 0 Å². The van der Waals surface area contributed by atoms with Gasteiger partial charge in [-0.25, -0.2) is 9.97 Å². The lowest BCUT2D eigenvalue weighted by molar-refractivity contribution is 0.407. The smallest absolute Gasteiger partial charge is 0.197 e. The second kappa shape index (κ2) is 11.7. The van der Waals surface area contributed by atoms with Crippen LogP contribution < -0.4 is 14.2 Å². The molecule has 0 saturated heterocycles. The normalized spacial score (nSPS) is 12.6. The maximum atomic E-state index is 12.7. The van der Waals surface area contributed by atoms with Crippen LogP contribution in [-0.2, 0) is 27.6 Å². The van der Waals surface area contributed by atoms with E-state index in [1.807, 2.05) is 32.0 Å². The van der Waals surface area contributed by atoms with Crippen molar-refractivity contribution >= 4 is 43.9 Å². The van der Waals surface area contributed by atoms with E-state index >= 15 is 0 Å². The third kappa shape index (κ3) is 5.85. The van der Waals surface area contributed by atoms with Gasteiger partial charge in [0.05, 0.1) is 65.6 Å². The van der Waals surface area contributed by atoms with Crippen molar-refractivity contribution in [1.82, 2.24) is 24.9 Å². The quantitative estimate of drug-likeness (QED) is 0.285. The van der Waals surface area contributed by atoms with Crippen LogP contribution in [0.25, 0.3) is 22.1 Å². The number of hydrogen-bond donors (Lipinski definition) is 2. The number of aromatic nitrogens is 5. The Morgan fingerprint density at radius 1 is 0.842 bits per heavy atom. The Kier molecular flexibility index (Phi) is 8.39. The Hall–Kier alpha value is -3.81. The molecular weight excluding hydrogens is 530 g/mol. The summed E-state index contributed by atoms with van der Waals surface area (Å²) in [5, 5.41) is 0.368. The first-order valence-electron chi connectivity index (χ1n) is 11.3. The molecule has 0 aliphatic rings. The number of pyridine rings is 1. The highest BCUT2D eigenvalue weighted by molar-refractivity contribution is 7.84. The number of hydrogen-bond acceptors (Lipinski definition) is 9. The molecule has 0 amide bonds. The van der Waals surface area contributed by atoms with Crippen LogP contribution in [0.5, 0.6) is 17.2 Å². The Balaban J connectivity index is 0.000000204. The second-order valence-electron chi connectivity index (χ2n) is 8.12. The molecule has 0 aliphatic carbocycles. The van der Waals surface area contributed by atoms with Gasteiger partial charge in [0, 0.05) is 40.5 Å². The Bertz CT molecular complexity index is 1650. The van der Waals surface area contributed by atoms with E-state index < -0.39 is 21.9 Å². The molecule has 0 saturated carbocycles. The summed E-state index contributed by atoms with van der Waals surface area (Å²) in [4.78, 5) is 18.4. The minimum absolute atomic E-state index is 0.0618. The molecule has 2 N–H and O–H groups in total. The van der Waals surface area contributed by atoms with E-state index in [2.05, 4.69) is 24.9 Å². The lowest BCUT2D eigenvalue weighted by atomic mass is 10.1. The topological polar surface area (TPSA) is 155 Å². The standard InChI is InChI=1S/C17H19N3O3S.C8H8N2O3S/c1-10-8-18-15(11(2)16(10)23-4)9-24(21)17-19-13-6-5-12(22-3)7-14(13)20-17;1-13-5-2-3-6-7(4-5)10-8(9-6)14(11)12/h5-8H,9H2,1-4H3,(H,19,20);2-4H,1H3,(H,9,10)(H,11,12)/p-1. The summed E-state index contributed by atoms with van der Waals surface area (Å²) in [5.41, 5.74) is 5.40. The number of H-pyrrole nitrogens is 2. The Morgan fingerprint density at radius 3 is 1.92 bits per heavy atom. The van der Waals surface area contributed by atoms with E-state index in [1.165, 1.54) is 0 Å². The van der Waals surface area contributed by atoms with Gasteiger partial charge in [-0.15, -0.1) is 0 Å². The number of fused-ring (bicyclic) bond motifs is 2. The van der Waals surface area contributed by atoms with Crippen LogP contribution in [0, 0.1) is 13.8 Å². The van der Waals surface area contributed by atoms with Crippen LogP contribution in [0.3, 0.4) is 0 Å². The van der Waals surface area contributed by atoms with E-state index in [4.69, 9.17) is 14.2 Å². The third-order valence-electron chi connectivity index (χ3n) is 5.73. The molecule has 3 aromatic heterocycles. The monoisotopic (exact) mass is 556 g/mol.